The maximum atomic E-state index is 13.9. The second-order valence-corrected chi connectivity index (χ2v) is 17.5. The first-order valence-corrected chi connectivity index (χ1v) is 21.0. The lowest BCUT2D eigenvalue weighted by Crippen LogP contribution is -2.40. The number of carbonyl (C=O) groups is 3. The number of aromatic amines is 2. The molecule has 0 spiro atoms. The summed E-state index contributed by atoms with van der Waals surface area (Å²) in [5, 5.41) is 2.96. The quantitative estimate of drug-likeness (QED) is 0.129. The first-order valence-electron chi connectivity index (χ1n) is 21.0. The molecule has 3 aromatic carbocycles. The number of rotatable bonds is 10. The number of benzene rings is 3. The van der Waals surface area contributed by atoms with E-state index in [1.807, 2.05) is 92.3 Å². The molecule has 3 fully saturated rings. The Hall–Kier alpha value is -5.75. The van der Waals surface area contributed by atoms with Gasteiger partial charge in [-0.05, 0) is 108 Å². The number of ether oxygens (including phenoxy) is 1. The van der Waals surface area contributed by atoms with E-state index in [9.17, 15) is 14.4 Å². The molecule has 59 heavy (non-hydrogen) atoms. The van der Waals surface area contributed by atoms with Gasteiger partial charge in [-0.25, -0.2) is 14.8 Å². The monoisotopic (exact) mass is 796 g/mol. The van der Waals surface area contributed by atoms with E-state index < -0.39 is 11.7 Å². The van der Waals surface area contributed by atoms with Crippen LogP contribution in [0.15, 0.2) is 91.3 Å². The highest BCUT2D eigenvalue weighted by Gasteiger charge is 2.40. The molecule has 2 aliphatic heterocycles. The van der Waals surface area contributed by atoms with Crippen LogP contribution in [0.25, 0.3) is 33.6 Å². The number of likely N-dealkylation sites (tertiary alicyclic amines) is 2. The molecule has 2 saturated heterocycles. The van der Waals surface area contributed by atoms with Gasteiger partial charge in [-0.15, -0.1) is 0 Å². The van der Waals surface area contributed by atoms with Crippen LogP contribution < -0.4 is 5.32 Å². The molecular formula is C47H56N8O4. The third kappa shape index (κ3) is 8.83. The molecule has 5 atom stereocenters. The van der Waals surface area contributed by atoms with Gasteiger partial charge in [0, 0.05) is 25.0 Å². The molecule has 2 aromatic heterocycles. The number of amides is 3. The van der Waals surface area contributed by atoms with E-state index in [-0.39, 0.29) is 41.9 Å². The van der Waals surface area contributed by atoms with Gasteiger partial charge in [0.25, 0.3) is 0 Å². The minimum Gasteiger partial charge on any atom is -0.444 e. The molecule has 3 amide bonds. The highest BCUT2D eigenvalue weighted by molar-refractivity contribution is 5.84. The van der Waals surface area contributed by atoms with E-state index in [2.05, 4.69) is 63.8 Å². The van der Waals surface area contributed by atoms with Gasteiger partial charge in [-0.3, -0.25) is 14.5 Å². The first kappa shape index (κ1) is 40.0. The number of nitrogens with one attached hydrogen (secondary N) is 3. The molecule has 12 heteroatoms. The fourth-order valence-corrected chi connectivity index (χ4v) is 9.12. The average molecular weight is 797 g/mol. The Morgan fingerprint density at radius 2 is 1.25 bits per heavy atom. The number of imidazole rings is 2. The van der Waals surface area contributed by atoms with Gasteiger partial charge in [-0.1, -0.05) is 78.9 Å². The van der Waals surface area contributed by atoms with Crippen molar-refractivity contribution in [2.24, 2.45) is 5.92 Å². The third-order valence-corrected chi connectivity index (χ3v) is 12.0. The lowest BCUT2D eigenvalue weighted by atomic mass is 10.0. The lowest BCUT2D eigenvalue weighted by molar-refractivity contribution is -0.137. The topological polar surface area (TPSA) is 140 Å². The highest BCUT2D eigenvalue weighted by atomic mass is 16.6. The fraction of sp³-hybridized carbons (Fsp3) is 0.426. The number of nitrogens with zero attached hydrogens (tertiary/aromatic N) is 5. The molecule has 0 radical (unpaired) electrons. The maximum absolute atomic E-state index is 13.9. The van der Waals surface area contributed by atoms with Crippen molar-refractivity contribution in [3.05, 3.63) is 108 Å². The number of H-pyrrole nitrogens is 2. The summed E-state index contributed by atoms with van der Waals surface area (Å²) < 4.78 is 5.43. The molecule has 0 bridgehead atoms. The zero-order chi connectivity index (χ0) is 41.3. The van der Waals surface area contributed by atoms with Crippen LogP contribution >= 0.6 is 0 Å². The van der Waals surface area contributed by atoms with Crippen LogP contribution in [0.1, 0.15) is 101 Å². The predicted molar refractivity (Wildman–Crippen MR) is 228 cm³/mol. The van der Waals surface area contributed by atoms with Crippen molar-refractivity contribution in [1.29, 1.82) is 0 Å². The summed E-state index contributed by atoms with van der Waals surface area (Å²) in [5.41, 5.74) is 6.53. The van der Waals surface area contributed by atoms with Crippen LogP contribution in [-0.4, -0.2) is 91.4 Å². The molecule has 8 rings (SSSR count). The van der Waals surface area contributed by atoms with Crippen LogP contribution in [0, 0.1) is 5.92 Å². The van der Waals surface area contributed by atoms with Crippen molar-refractivity contribution < 1.29 is 19.1 Å². The van der Waals surface area contributed by atoms with Crippen molar-refractivity contribution in [2.45, 2.75) is 95.5 Å². The Bertz CT molecular complexity index is 2240. The Kier molecular flexibility index (Phi) is 11.4. The lowest BCUT2D eigenvalue weighted by Gasteiger charge is -2.31. The number of hydrogen-bond acceptors (Lipinski definition) is 7. The summed E-state index contributed by atoms with van der Waals surface area (Å²) in [5.74, 6) is 1.76. The summed E-state index contributed by atoms with van der Waals surface area (Å²) in [6, 6.07) is 26.3. The summed E-state index contributed by atoms with van der Waals surface area (Å²) in [6.07, 6.45) is 9.06. The molecule has 4 heterocycles. The normalized spacial score (nSPS) is 21.3. The van der Waals surface area contributed by atoms with Crippen LogP contribution in [0.4, 0.5) is 4.79 Å². The van der Waals surface area contributed by atoms with Gasteiger partial charge in [0.1, 0.15) is 23.3 Å². The minimum atomic E-state index is -0.560. The number of alkyl carbamates (subject to hydrolysis) is 1. The van der Waals surface area contributed by atoms with Gasteiger partial charge in [0.15, 0.2) is 0 Å². The molecule has 5 aromatic rings. The summed E-state index contributed by atoms with van der Waals surface area (Å²) in [4.78, 5) is 62.5. The van der Waals surface area contributed by atoms with Gasteiger partial charge in [-0.2, -0.15) is 0 Å². The molecular weight excluding hydrogens is 741 g/mol. The average Bonchev–Trinajstić information content (AvgIpc) is 4.07. The van der Waals surface area contributed by atoms with Crippen molar-refractivity contribution >= 4 is 17.9 Å². The number of aromatic nitrogens is 4. The van der Waals surface area contributed by atoms with E-state index in [1.165, 1.54) is 0 Å². The minimum absolute atomic E-state index is 0.0598. The highest BCUT2D eigenvalue weighted by Crippen LogP contribution is 2.38. The smallest absolute Gasteiger partial charge is 0.407 e. The molecule has 12 nitrogen and oxygen atoms in total. The summed E-state index contributed by atoms with van der Waals surface area (Å²) >= 11 is 0. The SMILES string of the molecule is CN(C)[C@@H](C(=O)N1CCC[C@H]1c1ncc(-c2ccc(-c3ccc(-c4cnc([C@@H]5CCCN5C(=O)[C@@H]5CC[C@H](NC(=O)OC(C)(C)C)C5)[nH]4)cc3)cc2)[nH]1)c1ccccc1. The van der Waals surface area contributed by atoms with Crippen LogP contribution in [-0.2, 0) is 14.3 Å². The molecule has 308 valence electrons. The Morgan fingerprint density at radius 1 is 0.729 bits per heavy atom. The molecule has 1 aliphatic carbocycles. The standard InChI is InChI=1S/C47H56N8O4/c1-47(2,3)59-46(58)50-36-24-23-35(27-36)44(56)54-25-9-13-39(54)42-48-28-37(51-42)32-19-15-30(16-20-32)31-17-21-33(22-18-31)38-29-49-43(52-38)40-14-10-26-55(40)45(57)41(53(4)5)34-11-7-6-8-12-34/h6-8,11-12,15-22,28-29,35-36,39-41H,9-10,13-14,23-27H2,1-5H3,(H,48,51)(H,49,52)(H,50,58)/t35-,36+,39+,40+,41-/m1/s1. The fourth-order valence-electron chi connectivity index (χ4n) is 9.12. The van der Waals surface area contributed by atoms with E-state index in [1.54, 1.807) is 0 Å². The van der Waals surface area contributed by atoms with Gasteiger partial charge >= 0.3 is 6.09 Å². The van der Waals surface area contributed by atoms with Crippen LogP contribution in [0.5, 0.6) is 0 Å². The third-order valence-electron chi connectivity index (χ3n) is 12.0. The second kappa shape index (κ2) is 16.8. The zero-order valence-electron chi connectivity index (χ0n) is 34.8. The molecule has 1 saturated carbocycles. The van der Waals surface area contributed by atoms with Gasteiger partial charge in [0.05, 0.1) is 35.9 Å². The Balaban J connectivity index is 0.884. The summed E-state index contributed by atoms with van der Waals surface area (Å²) in [6.45, 7) is 6.96. The van der Waals surface area contributed by atoms with Crippen molar-refractivity contribution in [3.63, 3.8) is 0 Å². The molecule has 0 unspecified atom stereocenters. The number of hydrogen-bond donors (Lipinski definition) is 3. The van der Waals surface area contributed by atoms with Gasteiger partial charge < -0.3 is 29.8 Å². The zero-order valence-corrected chi connectivity index (χ0v) is 34.8. The largest absolute Gasteiger partial charge is 0.444 e. The maximum Gasteiger partial charge on any atom is 0.407 e. The first-order chi connectivity index (χ1) is 28.4. The molecule has 3 aliphatic rings. The Morgan fingerprint density at radius 3 is 1.80 bits per heavy atom. The Labute approximate surface area is 346 Å². The number of carbonyl (C=O) groups excluding carboxylic acids is 3. The molecule has 3 N–H and O–H groups in total. The van der Waals surface area contributed by atoms with Gasteiger partial charge in [0.2, 0.25) is 11.8 Å². The van der Waals surface area contributed by atoms with Crippen LogP contribution in [0.2, 0.25) is 0 Å². The second-order valence-electron chi connectivity index (χ2n) is 17.5. The van der Waals surface area contributed by atoms with Crippen molar-refractivity contribution in [2.75, 3.05) is 27.2 Å². The van der Waals surface area contributed by atoms with E-state index in [4.69, 9.17) is 14.7 Å². The van der Waals surface area contributed by atoms with Crippen molar-refractivity contribution in [1.82, 2.24) is 40.0 Å². The van der Waals surface area contributed by atoms with E-state index in [0.29, 0.717) is 19.5 Å². The predicted octanol–water partition coefficient (Wildman–Crippen LogP) is 8.46. The van der Waals surface area contributed by atoms with E-state index in [0.717, 1.165) is 89.4 Å². The van der Waals surface area contributed by atoms with Crippen molar-refractivity contribution in [3.8, 4) is 33.6 Å². The summed E-state index contributed by atoms with van der Waals surface area (Å²) in [7, 11) is 3.91. The van der Waals surface area contributed by atoms with Crippen LogP contribution in [0.3, 0.4) is 0 Å². The number of likely N-dealkylation sites (N-methyl/N-ethyl adjacent to an activating group) is 1. The van der Waals surface area contributed by atoms with E-state index >= 15 is 0 Å².